The van der Waals surface area contributed by atoms with Gasteiger partial charge in [-0.05, 0) is 35.4 Å². The van der Waals surface area contributed by atoms with Crippen LogP contribution < -0.4 is 0 Å². The summed E-state index contributed by atoms with van der Waals surface area (Å²) in [6.45, 7) is 0. The number of benzene rings is 2. The van der Waals surface area contributed by atoms with E-state index in [9.17, 15) is 0 Å². The molecule has 4 nitrogen and oxygen atoms in total. The summed E-state index contributed by atoms with van der Waals surface area (Å²) in [4.78, 5) is 0. The van der Waals surface area contributed by atoms with Crippen LogP contribution in [0.4, 0.5) is 0 Å². The van der Waals surface area contributed by atoms with Crippen molar-refractivity contribution < 1.29 is 0 Å². The van der Waals surface area contributed by atoms with Gasteiger partial charge in [0.05, 0.1) is 0 Å². The molecule has 0 radical (unpaired) electrons. The van der Waals surface area contributed by atoms with Crippen LogP contribution in [-0.2, 0) is 0 Å². The van der Waals surface area contributed by atoms with Crippen molar-refractivity contribution in [1.29, 1.82) is 5.26 Å². The maximum atomic E-state index is 9.02. The summed E-state index contributed by atoms with van der Waals surface area (Å²) in [5, 5.41) is 20.4. The number of nitrogens with zero attached hydrogens (tertiary/aromatic N) is 3. The van der Waals surface area contributed by atoms with Gasteiger partial charge < -0.3 is 0 Å². The summed E-state index contributed by atoms with van der Waals surface area (Å²) < 4.78 is 0. The van der Waals surface area contributed by atoms with E-state index >= 15 is 0 Å². The van der Waals surface area contributed by atoms with E-state index in [0.717, 1.165) is 16.7 Å². The fraction of sp³-hybridized carbons (Fsp3) is 0. The molecular formula is C15H8Cl2N4. The van der Waals surface area contributed by atoms with Crippen molar-refractivity contribution >= 4 is 23.2 Å². The Balaban J connectivity index is 2.11. The van der Waals surface area contributed by atoms with Crippen LogP contribution in [0.3, 0.4) is 0 Å². The Kier molecular flexibility index (Phi) is 3.61. The number of hydrogen-bond donors (Lipinski definition) is 1. The van der Waals surface area contributed by atoms with E-state index in [-0.39, 0.29) is 5.69 Å². The van der Waals surface area contributed by atoms with Crippen LogP contribution in [0.1, 0.15) is 5.69 Å². The molecule has 0 spiro atoms. The minimum atomic E-state index is 0.260. The lowest BCUT2D eigenvalue weighted by atomic mass is 10.0. The van der Waals surface area contributed by atoms with E-state index in [1.807, 2.05) is 42.5 Å². The first kappa shape index (κ1) is 13.6. The molecule has 6 heteroatoms. The minimum Gasteiger partial charge on any atom is -0.196 e. The monoisotopic (exact) mass is 314 g/mol. The minimum absolute atomic E-state index is 0.260. The topological polar surface area (TPSA) is 65.4 Å². The van der Waals surface area contributed by atoms with Gasteiger partial charge in [-0.2, -0.15) is 15.6 Å². The standard InChI is InChI=1S/C15H8Cl2N4/c16-12-5-11(6-13(17)7-12)9-2-1-3-10(4-9)15-14(8-18)19-21-20-15/h1-7H,(H,19,20,21). The summed E-state index contributed by atoms with van der Waals surface area (Å²) in [5.74, 6) is 0. The Bertz CT molecular complexity index is 829. The van der Waals surface area contributed by atoms with E-state index in [1.165, 1.54) is 0 Å². The molecule has 0 aliphatic heterocycles. The summed E-state index contributed by atoms with van der Waals surface area (Å²) in [5.41, 5.74) is 3.41. The van der Waals surface area contributed by atoms with Crippen molar-refractivity contribution in [2.45, 2.75) is 0 Å². The quantitative estimate of drug-likeness (QED) is 0.766. The van der Waals surface area contributed by atoms with E-state index in [4.69, 9.17) is 28.5 Å². The molecule has 0 bridgehead atoms. The average molecular weight is 315 g/mol. The van der Waals surface area contributed by atoms with Crippen molar-refractivity contribution in [1.82, 2.24) is 15.4 Å². The second-order valence-corrected chi connectivity index (χ2v) is 5.24. The van der Waals surface area contributed by atoms with Crippen molar-refractivity contribution in [3.8, 4) is 28.5 Å². The van der Waals surface area contributed by atoms with Gasteiger partial charge in [-0.25, -0.2) is 0 Å². The van der Waals surface area contributed by atoms with Gasteiger partial charge >= 0.3 is 0 Å². The highest BCUT2D eigenvalue weighted by Crippen LogP contribution is 2.30. The molecule has 0 aliphatic carbocycles. The molecule has 1 heterocycles. The number of aromatic nitrogens is 3. The third-order valence-corrected chi connectivity index (χ3v) is 3.42. The molecule has 0 amide bonds. The van der Waals surface area contributed by atoms with Crippen LogP contribution in [0, 0.1) is 11.3 Å². The van der Waals surface area contributed by atoms with Crippen LogP contribution in [0.25, 0.3) is 22.4 Å². The molecule has 2 aromatic carbocycles. The number of nitriles is 1. The summed E-state index contributed by atoms with van der Waals surface area (Å²) in [6.07, 6.45) is 0. The zero-order chi connectivity index (χ0) is 14.8. The molecule has 0 saturated heterocycles. The number of rotatable bonds is 2. The Morgan fingerprint density at radius 2 is 1.62 bits per heavy atom. The van der Waals surface area contributed by atoms with E-state index in [1.54, 1.807) is 6.07 Å². The molecule has 3 rings (SSSR count). The van der Waals surface area contributed by atoms with E-state index in [0.29, 0.717) is 15.7 Å². The number of nitrogens with one attached hydrogen (secondary N) is 1. The lowest BCUT2D eigenvalue weighted by Crippen LogP contribution is -1.85. The zero-order valence-corrected chi connectivity index (χ0v) is 12.2. The van der Waals surface area contributed by atoms with Crippen LogP contribution in [0.5, 0.6) is 0 Å². The van der Waals surface area contributed by atoms with Crippen molar-refractivity contribution in [2.75, 3.05) is 0 Å². The molecule has 21 heavy (non-hydrogen) atoms. The molecule has 3 aromatic rings. The predicted octanol–water partition coefficient (Wildman–Crippen LogP) is 4.32. The fourth-order valence-corrected chi connectivity index (χ4v) is 2.60. The molecule has 0 aliphatic rings. The van der Waals surface area contributed by atoms with Gasteiger partial charge in [0.2, 0.25) is 0 Å². The highest BCUT2D eigenvalue weighted by Gasteiger charge is 2.11. The molecule has 0 unspecified atom stereocenters. The Morgan fingerprint density at radius 1 is 0.905 bits per heavy atom. The molecule has 1 N–H and O–H groups in total. The molecule has 0 fully saturated rings. The van der Waals surface area contributed by atoms with Gasteiger partial charge in [0, 0.05) is 15.6 Å². The molecule has 102 valence electrons. The normalized spacial score (nSPS) is 10.3. The van der Waals surface area contributed by atoms with Gasteiger partial charge in [0.25, 0.3) is 0 Å². The highest BCUT2D eigenvalue weighted by molar-refractivity contribution is 6.35. The van der Waals surface area contributed by atoms with Gasteiger partial charge in [0.15, 0.2) is 5.69 Å². The lowest BCUT2D eigenvalue weighted by Gasteiger charge is -2.05. The third kappa shape index (κ3) is 2.75. The first-order valence-electron chi connectivity index (χ1n) is 6.05. The highest BCUT2D eigenvalue weighted by atomic mass is 35.5. The largest absolute Gasteiger partial charge is 0.196 e. The number of aromatic amines is 1. The summed E-state index contributed by atoms with van der Waals surface area (Å²) in [6, 6.07) is 15.0. The predicted molar refractivity (Wildman–Crippen MR) is 82.0 cm³/mol. The lowest BCUT2D eigenvalue weighted by molar-refractivity contribution is 0.937. The fourth-order valence-electron chi connectivity index (χ4n) is 2.08. The zero-order valence-electron chi connectivity index (χ0n) is 10.6. The van der Waals surface area contributed by atoms with Crippen LogP contribution in [-0.4, -0.2) is 15.4 Å². The maximum absolute atomic E-state index is 9.02. The SMILES string of the molecule is N#Cc1n[nH]nc1-c1cccc(-c2cc(Cl)cc(Cl)c2)c1. The summed E-state index contributed by atoms with van der Waals surface area (Å²) >= 11 is 12.1. The summed E-state index contributed by atoms with van der Waals surface area (Å²) in [7, 11) is 0. The van der Waals surface area contributed by atoms with Crippen molar-refractivity contribution in [2.24, 2.45) is 0 Å². The Labute approximate surface area is 130 Å². The van der Waals surface area contributed by atoms with Gasteiger partial charge in [-0.15, -0.1) is 5.10 Å². The second kappa shape index (κ2) is 5.57. The van der Waals surface area contributed by atoms with Gasteiger partial charge in [-0.3, -0.25) is 0 Å². The molecule has 0 atom stereocenters. The Morgan fingerprint density at radius 3 is 2.33 bits per heavy atom. The van der Waals surface area contributed by atoms with Crippen molar-refractivity contribution in [3.05, 3.63) is 58.2 Å². The third-order valence-electron chi connectivity index (χ3n) is 2.99. The van der Waals surface area contributed by atoms with Gasteiger partial charge in [-0.1, -0.05) is 41.4 Å². The molecule has 0 saturated carbocycles. The smallest absolute Gasteiger partial charge is 0.190 e. The molecular weight excluding hydrogens is 307 g/mol. The first-order valence-corrected chi connectivity index (χ1v) is 6.81. The Hall–Kier alpha value is -2.35. The number of H-pyrrole nitrogens is 1. The van der Waals surface area contributed by atoms with Crippen LogP contribution >= 0.6 is 23.2 Å². The number of halogens is 2. The maximum Gasteiger partial charge on any atom is 0.190 e. The number of hydrogen-bond acceptors (Lipinski definition) is 3. The molecule has 1 aromatic heterocycles. The van der Waals surface area contributed by atoms with Crippen molar-refractivity contribution in [3.63, 3.8) is 0 Å². The first-order chi connectivity index (χ1) is 10.2. The second-order valence-electron chi connectivity index (χ2n) is 4.37. The average Bonchev–Trinajstić information content (AvgIpc) is 2.95. The van der Waals surface area contributed by atoms with Crippen LogP contribution in [0.15, 0.2) is 42.5 Å². The van der Waals surface area contributed by atoms with E-state index < -0.39 is 0 Å². The van der Waals surface area contributed by atoms with Crippen LogP contribution in [0.2, 0.25) is 10.0 Å². The van der Waals surface area contributed by atoms with Gasteiger partial charge in [0.1, 0.15) is 11.8 Å². The van der Waals surface area contributed by atoms with E-state index in [2.05, 4.69) is 15.4 Å².